The van der Waals surface area contributed by atoms with E-state index >= 15 is 0 Å². The van der Waals surface area contributed by atoms with Gasteiger partial charge in [-0.15, -0.1) is 0 Å². The highest BCUT2D eigenvalue weighted by molar-refractivity contribution is 5.66. The molecule has 0 aliphatic carbocycles. The smallest absolute Gasteiger partial charge is 0.325 e. The summed E-state index contributed by atoms with van der Waals surface area (Å²) in [7, 11) is 0. The lowest BCUT2D eigenvalue weighted by Crippen LogP contribution is -2.46. The molecule has 5 nitrogen and oxygen atoms in total. The average Bonchev–Trinajstić information content (AvgIpc) is 2.57. The van der Waals surface area contributed by atoms with Crippen molar-refractivity contribution in [3.05, 3.63) is 12.4 Å². The molecule has 5 heteroatoms. The van der Waals surface area contributed by atoms with Crippen molar-refractivity contribution < 1.29 is 9.90 Å². The molecule has 1 aliphatic heterocycles. The normalized spacial score (nSPS) is 16.2. The third-order valence-electron chi connectivity index (χ3n) is 2.94. The molecule has 0 radical (unpaired) electrons. The summed E-state index contributed by atoms with van der Waals surface area (Å²) in [5.74, 6) is -0.0602. The van der Waals surface area contributed by atoms with E-state index in [1.807, 2.05) is 0 Å². The van der Waals surface area contributed by atoms with Crippen molar-refractivity contribution in [1.82, 2.24) is 9.78 Å². The van der Waals surface area contributed by atoms with Gasteiger partial charge in [0.2, 0.25) is 0 Å². The molecule has 0 amide bonds. The molecule has 2 heterocycles. The third kappa shape index (κ3) is 2.35. The molecule has 0 spiro atoms. The molecule has 0 saturated carbocycles. The number of hydrogen-bond acceptors (Lipinski definition) is 3. The van der Waals surface area contributed by atoms with Crippen molar-refractivity contribution in [3.8, 4) is 0 Å². The van der Waals surface area contributed by atoms with Crippen LogP contribution in [0.2, 0.25) is 0 Å². The molecule has 1 aromatic rings. The van der Waals surface area contributed by atoms with Crippen LogP contribution >= 0.6 is 0 Å². The van der Waals surface area contributed by atoms with E-state index in [2.05, 4.69) is 16.9 Å². The van der Waals surface area contributed by atoms with Crippen LogP contribution in [0.15, 0.2) is 12.4 Å². The van der Waals surface area contributed by atoms with Crippen molar-refractivity contribution in [1.29, 1.82) is 0 Å². The van der Waals surface area contributed by atoms with Gasteiger partial charge in [-0.3, -0.25) is 9.48 Å². The van der Waals surface area contributed by atoms with E-state index in [0.29, 0.717) is 0 Å². The van der Waals surface area contributed by atoms with Gasteiger partial charge in [-0.2, -0.15) is 5.10 Å². The second-order valence-corrected chi connectivity index (χ2v) is 4.35. The summed E-state index contributed by atoms with van der Waals surface area (Å²) in [4.78, 5) is 12.7. The van der Waals surface area contributed by atoms with E-state index in [0.717, 1.165) is 24.7 Å². The number of nitrogens with zero attached hydrogens (tertiary/aromatic N) is 3. The van der Waals surface area contributed by atoms with Gasteiger partial charge in [-0.25, -0.2) is 0 Å². The van der Waals surface area contributed by atoms with E-state index in [1.165, 1.54) is 17.5 Å². The van der Waals surface area contributed by atoms with Gasteiger partial charge in [-0.05, 0) is 12.3 Å². The topological polar surface area (TPSA) is 58.4 Å². The molecule has 0 unspecified atom stereocenters. The summed E-state index contributed by atoms with van der Waals surface area (Å²) in [5.41, 5.74) is 1.04. The van der Waals surface area contributed by atoms with E-state index in [4.69, 9.17) is 5.11 Å². The summed E-state index contributed by atoms with van der Waals surface area (Å²) >= 11 is 0. The molecule has 2 rings (SSSR count). The number of hydrogen-bond donors (Lipinski definition) is 1. The van der Waals surface area contributed by atoms with Gasteiger partial charge in [-0.1, -0.05) is 13.3 Å². The average molecular weight is 223 g/mol. The molecule has 0 bridgehead atoms. The molecule has 88 valence electrons. The summed E-state index contributed by atoms with van der Waals surface area (Å²) in [6.45, 7) is 4.29. The quantitative estimate of drug-likeness (QED) is 0.815. The maximum Gasteiger partial charge on any atom is 0.325 e. The van der Waals surface area contributed by atoms with Gasteiger partial charge in [0.05, 0.1) is 11.9 Å². The Bertz CT molecular complexity index is 369. The van der Waals surface area contributed by atoms with Crippen molar-refractivity contribution in [3.63, 3.8) is 0 Å². The minimum absolute atomic E-state index is 0.0633. The fraction of sp³-hybridized carbons (Fsp3) is 0.636. The lowest BCUT2D eigenvalue weighted by Gasteiger charge is -2.40. The minimum atomic E-state index is -0.859. The zero-order chi connectivity index (χ0) is 11.5. The Labute approximate surface area is 94.7 Å². The highest BCUT2D eigenvalue weighted by atomic mass is 16.4. The Hall–Kier alpha value is -1.52. The van der Waals surface area contributed by atoms with Gasteiger partial charge in [0.15, 0.2) is 0 Å². The number of aromatic nitrogens is 2. The van der Waals surface area contributed by atoms with E-state index in [1.54, 1.807) is 12.4 Å². The Kier molecular flexibility index (Phi) is 3.12. The van der Waals surface area contributed by atoms with Crippen molar-refractivity contribution >= 4 is 11.7 Å². The molecular weight excluding hydrogens is 206 g/mol. The molecular formula is C11H17N3O2. The zero-order valence-electron chi connectivity index (χ0n) is 9.46. The van der Waals surface area contributed by atoms with Crippen molar-refractivity contribution in [2.24, 2.45) is 5.92 Å². The molecule has 1 aliphatic rings. The number of aliphatic carboxylic acids is 1. The fourth-order valence-corrected chi connectivity index (χ4v) is 2.11. The van der Waals surface area contributed by atoms with E-state index < -0.39 is 5.97 Å². The number of carboxylic acid groups (broad SMARTS) is 1. The first-order chi connectivity index (χ1) is 7.69. The van der Waals surface area contributed by atoms with Gasteiger partial charge in [0, 0.05) is 19.3 Å². The summed E-state index contributed by atoms with van der Waals surface area (Å²) in [6.07, 6.45) is 6.05. The number of rotatable bonds is 5. The van der Waals surface area contributed by atoms with Gasteiger partial charge >= 0.3 is 5.97 Å². The monoisotopic (exact) mass is 223 g/mol. The SMILES string of the molecule is CCCC1CN(c2cnn(CC(=O)O)c2)C1. The predicted molar refractivity (Wildman–Crippen MR) is 60.5 cm³/mol. The lowest BCUT2D eigenvalue weighted by molar-refractivity contribution is -0.137. The highest BCUT2D eigenvalue weighted by Crippen LogP contribution is 2.26. The zero-order valence-corrected chi connectivity index (χ0v) is 9.46. The van der Waals surface area contributed by atoms with Crippen LogP contribution in [-0.4, -0.2) is 33.9 Å². The molecule has 1 N–H and O–H groups in total. The highest BCUT2D eigenvalue weighted by Gasteiger charge is 2.26. The standard InChI is InChI=1S/C11H17N3O2/c1-2-3-9-5-13(6-9)10-4-12-14(7-10)8-11(15)16/h4,7,9H,2-3,5-6,8H2,1H3,(H,15,16). The van der Waals surface area contributed by atoms with Gasteiger partial charge < -0.3 is 10.0 Å². The third-order valence-corrected chi connectivity index (χ3v) is 2.94. The van der Waals surface area contributed by atoms with E-state index in [9.17, 15) is 4.79 Å². The second kappa shape index (κ2) is 4.55. The summed E-state index contributed by atoms with van der Waals surface area (Å²) < 4.78 is 1.46. The van der Waals surface area contributed by atoms with Crippen molar-refractivity contribution in [2.75, 3.05) is 18.0 Å². The summed E-state index contributed by atoms with van der Waals surface area (Å²) in [6, 6.07) is 0. The predicted octanol–water partition coefficient (Wildman–Crippen LogP) is 1.20. The number of anilines is 1. The van der Waals surface area contributed by atoms with Crippen LogP contribution in [0.5, 0.6) is 0 Å². The minimum Gasteiger partial charge on any atom is -0.480 e. The van der Waals surface area contributed by atoms with E-state index in [-0.39, 0.29) is 6.54 Å². The van der Waals surface area contributed by atoms with Crippen LogP contribution in [0.25, 0.3) is 0 Å². The van der Waals surface area contributed by atoms with Crippen LogP contribution in [0.4, 0.5) is 5.69 Å². The Morgan fingerprint density at radius 1 is 1.62 bits per heavy atom. The molecule has 1 aromatic heterocycles. The van der Waals surface area contributed by atoms with Gasteiger partial charge in [0.1, 0.15) is 6.54 Å². The van der Waals surface area contributed by atoms with Crippen LogP contribution < -0.4 is 4.90 Å². The van der Waals surface area contributed by atoms with Crippen LogP contribution in [-0.2, 0) is 11.3 Å². The van der Waals surface area contributed by atoms with Crippen LogP contribution in [0.1, 0.15) is 19.8 Å². The molecule has 16 heavy (non-hydrogen) atoms. The van der Waals surface area contributed by atoms with Crippen molar-refractivity contribution in [2.45, 2.75) is 26.3 Å². The van der Waals surface area contributed by atoms with Gasteiger partial charge in [0.25, 0.3) is 0 Å². The molecule has 1 fully saturated rings. The Morgan fingerprint density at radius 3 is 3.00 bits per heavy atom. The Morgan fingerprint density at radius 2 is 2.38 bits per heavy atom. The van der Waals surface area contributed by atoms with Crippen LogP contribution in [0.3, 0.4) is 0 Å². The first-order valence-corrected chi connectivity index (χ1v) is 5.68. The second-order valence-electron chi connectivity index (χ2n) is 4.35. The summed E-state index contributed by atoms with van der Waals surface area (Å²) in [5, 5.41) is 12.6. The first kappa shape index (κ1) is 11.0. The molecule has 1 saturated heterocycles. The number of carbonyl (C=O) groups is 1. The number of carboxylic acids is 1. The molecule has 0 atom stereocenters. The largest absolute Gasteiger partial charge is 0.480 e. The fourth-order valence-electron chi connectivity index (χ4n) is 2.11. The first-order valence-electron chi connectivity index (χ1n) is 5.68. The van der Waals surface area contributed by atoms with Crippen LogP contribution in [0, 0.1) is 5.92 Å². The maximum atomic E-state index is 10.5. The molecule has 0 aromatic carbocycles. The maximum absolute atomic E-state index is 10.5. The lowest BCUT2D eigenvalue weighted by atomic mass is 9.95. The Balaban J connectivity index is 1.87.